The standard InChI is InChI=1S/C15H20N4OS/c1-3-11(16)9-13-14(17-15-19(13)6-8-21-15)18(2)10-12-5-4-7-20-12/h4-8,11H,3,9-10,16H2,1-2H3. The van der Waals surface area contributed by atoms with Gasteiger partial charge in [-0.25, -0.2) is 4.98 Å². The Morgan fingerprint density at radius 3 is 3.10 bits per heavy atom. The van der Waals surface area contributed by atoms with Crippen LogP contribution in [0.2, 0.25) is 0 Å². The normalized spacial score (nSPS) is 12.9. The summed E-state index contributed by atoms with van der Waals surface area (Å²) in [6.45, 7) is 2.81. The van der Waals surface area contributed by atoms with E-state index >= 15 is 0 Å². The first-order chi connectivity index (χ1) is 10.2. The highest BCUT2D eigenvalue weighted by Gasteiger charge is 2.19. The number of rotatable bonds is 6. The van der Waals surface area contributed by atoms with Crippen LogP contribution in [0.25, 0.3) is 4.96 Å². The van der Waals surface area contributed by atoms with Gasteiger partial charge in [0.1, 0.15) is 5.76 Å². The van der Waals surface area contributed by atoms with Crippen molar-refractivity contribution >= 4 is 22.1 Å². The Balaban J connectivity index is 1.92. The van der Waals surface area contributed by atoms with Crippen molar-refractivity contribution in [3.8, 4) is 0 Å². The topological polar surface area (TPSA) is 59.7 Å². The van der Waals surface area contributed by atoms with Crippen molar-refractivity contribution in [3.63, 3.8) is 0 Å². The average molecular weight is 304 g/mol. The number of nitrogens with two attached hydrogens (primary N) is 1. The van der Waals surface area contributed by atoms with Crippen molar-refractivity contribution in [2.75, 3.05) is 11.9 Å². The van der Waals surface area contributed by atoms with Gasteiger partial charge in [0, 0.05) is 31.1 Å². The first kappa shape index (κ1) is 14.2. The minimum absolute atomic E-state index is 0.153. The summed E-state index contributed by atoms with van der Waals surface area (Å²) in [5.74, 6) is 1.92. The molecule has 0 saturated carbocycles. The Hall–Kier alpha value is -1.79. The van der Waals surface area contributed by atoms with Gasteiger partial charge in [0.2, 0.25) is 0 Å². The van der Waals surface area contributed by atoms with Crippen molar-refractivity contribution in [1.82, 2.24) is 9.38 Å². The smallest absolute Gasteiger partial charge is 0.195 e. The van der Waals surface area contributed by atoms with Gasteiger partial charge in [-0.3, -0.25) is 4.40 Å². The van der Waals surface area contributed by atoms with E-state index in [0.29, 0.717) is 6.54 Å². The number of hydrogen-bond acceptors (Lipinski definition) is 5. The summed E-state index contributed by atoms with van der Waals surface area (Å²) >= 11 is 1.64. The minimum atomic E-state index is 0.153. The third-order valence-electron chi connectivity index (χ3n) is 3.65. The molecule has 0 amide bonds. The maximum Gasteiger partial charge on any atom is 0.195 e. The number of furan rings is 1. The van der Waals surface area contributed by atoms with Gasteiger partial charge in [-0.1, -0.05) is 6.92 Å². The van der Waals surface area contributed by atoms with Crippen LogP contribution >= 0.6 is 11.3 Å². The molecule has 3 aromatic heterocycles. The molecule has 3 aromatic rings. The summed E-state index contributed by atoms with van der Waals surface area (Å²) < 4.78 is 7.57. The van der Waals surface area contributed by atoms with E-state index in [-0.39, 0.29) is 6.04 Å². The van der Waals surface area contributed by atoms with Crippen LogP contribution in [0.4, 0.5) is 5.82 Å². The zero-order valence-electron chi connectivity index (χ0n) is 12.3. The van der Waals surface area contributed by atoms with Gasteiger partial charge in [0.05, 0.1) is 18.5 Å². The van der Waals surface area contributed by atoms with E-state index in [2.05, 4.69) is 27.8 Å². The Kier molecular flexibility index (Phi) is 3.98. The summed E-state index contributed by atoms with van der Waals surface area (Å²) in [7, 11) is 2.04. The van der Waals surface area contributed by atoms with Crippen molar-refractivity contribution in [1.29, 1.82) is 0 Å². The molecule has 0 saturated heterocycles. The van der Waals surface area contributed by atoms with Gasteiger partial charge in [0.25, 0.3) is 0 Å². The molecule has 1 unspecified atom stereocenters. The lowest BCUT2D eigenvalue weighted by Crippen LogP contribution is -2.25. The molecule has 6 heteroatoms. The van der Waals surface area contributed by atoms with Crippen LogP contribution < -0.4 is 10.6 Å². The molecule has 0 aliphatic carbocycles. The molecule has 3 heterocycles. The molecular formula is C15H20N4OS. The molecular weight excluding hydrogens is 284 g/mol. The van der Waals surface area contributed by atoms with Gasteiger partial charge in [-0.05, 0) is 18.6 Å². The fourth-order valence-corrected chi connectivity index (χ4v) is 3.15. The summed E-state index contributed by atoms with van der Waals surface area (Å²) in [4.78, 5) is 7.88. The number of thiazole rings is 1. The second kappa shape index (κ2) is 5.91. The number of aromatic nitrogens is 2. The van der Waals surface area contributed by atoms with Gasteiger partial charge in [-0.15, -0.1) is 11.3 Å². The summed E-state index contributed by atoms with van der Waals surface area (Å²) in [6.07, 6.45) is 5.54. The first-order valence-corrected chi connectivity index (χ1v) is 8.00. The monoisotopic (exact) mass is 304 g/mol. The predicted octanol–water partition coefficient (Wildman–Crippen LogP) is 2.91. The first-order valence-electron chi connectivity index (χ1n) is 7.12. The number of hydrogen-bond donors (Lipinski definition) is 1. The van der Waals surface area contributed by atoms with Gasteiger partial charge in [-0.2, -0.15) is 0 Å². The summed E-state index contributed by atoms with van der Waals surface area (Å²) in [6, 6.07) is 4.04. The number of nitrogens with zero attached hydrogens (tertiary/aromatic N) is 3. The minimum Gasteiger partial charge on any atom is -0.467 e. The second-order valence-electron chi connectivity index (χ2n) is 5.25. The van der Waals surface area contributed by atoms with Gasteiger partial charge in [0.15, 0.2) is 10.8 Å². The SMILES string of the molecule is CCC(N)Cc1c(N(C)Cc2ccco2)nc2sccn12. The maximum absolute atomic E-state index is 6.15. The van der Waals surface area contributed by atoms with E-state index in [0.717, 1.165) is 29.4 Å². The van der Waals surface area contributed by atoms with E-state index in [1.807, 2.05) is 19.2 Å². The fourth-order valence-electron chi connectivity index (χ4n) is 2.42. The molecule has 2 N–H and O–H groups in total. The third kappa shape index (κ3) is 2.82. The molecule has 0 radical (unpaired) electrons. The summed E-state index contributed by atoms with van der Waals surface area (Å²) in [5.41, 5.74) is 7.33. The molecule has 0 aromatic carbocycles. The van der Waals surface area contributed by atoms with E-state index in [1.165, 1.54) is 5.69 Å². The molecule has 3 rings (SSSR count). The van der Waals surface area contributed by atoms with Gasteiger partial charge < -0.3 is 15.1 Å². The van der Waals surface area contributed by atoms with Crippen LogP contribution in [0.3, 0.4) is 0 Å². The Bertz CT molecular complexity index is 700. The second-order valence-corrected chi connectivity index (χ2v) is 6.12. The van der Waals surface area contributed by atoms with E-state index in [4.69, 9.17) is 15.1 Å². The predicted molar refractivity (Wildman–Crippen MR) is 85.9 cm³/mol. The average Bonchev–Trinajstić information content (AvgIpc) is 3.16. The third-order valence-corrected chi connectivity index (χ3v) is 4.41. The van der Waals surface area contributed by atoms with Crippen molar-refractivity contribution in [2.45, 2.75) is 32.4 Å². The summed E-state index contributed by atoms with van der Waals surface area (Å²) in [5, 5.41) is 2.06. The zero-order valence-corrected chi connectivity index (χ0v) is 13.1. The molecule has 21 heavy (non-hydrogen) atoms. The largest absolute Gasteiger partial charge is 0.467 e. The van der Waals surface area contributed by atoms with Crippen LogP contribution in [0.15, 0.2) is 34.4 Å². The highest BCUT2D eigenvalue weighted by Crippen LogP contribution is 2.26. The van der Waals surface area contributed by atoms with Crippen molar-refractivity contribution < 1.29 is 4.42 Å². The van der Waals surface area contributed by atoms with E-state index in [9.17, 15) is 0 Å². The van der Waals surface area contributed by atoms with Crippen molar-refractivity contribution in [2.24, 2.45) is 5.73 Å². The van der Waals surface area contributed by atoms with Gasteiger partial charge >= 0.3 is 0 Å². The van der Waals surface area contributed by atoms with Crippen LogP contribution in [0.5, 0.6) is 0 Å². The maximum atomic E-state index is 6.15. The quantitative estimate of drug-likeness (QED) is 0.760. The Morgan fingerprint density at radius 2 is 2.38 bits per heavy atom. The lowest BCUT2D eigenvalue weighted by molar-refractivity contribution is 0.506. The van der Waals surface area contributed by atoms with Crippen LogP contribution in [-0.4, -0.2) is 22.5 Å². The lowest BCUT2D eigenvalue weighted by Gasteiger charge is -2.18. The number of fused-ring (bicyclic) bond motifs is 1. The van der Waals surface area contributed by atoms with Crippen LogP contribution in [-0.2, 0) is 13.0 Å². The highest BCUT2D eigenvalue weighted by molar-refractivity contribution is 7.15. The Morgan fingerprint density at radius 1 is 1.52 bits per heavy atom. The van der Waals surface area contributed by atoms with Crippen LogP contribution in [0, 0.1) is 0 Å². The number of anilines is 1. The van der Waals surface area contributed by atoms with Crippen LogP contribution in [0.1, 0.15) is 24.8 Å². The molecule has 1 atom stereocenters. The molecule has 0 aliphatic rings. The molecule has 5 nitrogen and oxygen atoms in total. The molecule has 112 valence electrons. The molecule has 0 bridgehead atoms. The number of imidazole rings is 1. The molecule has 0 fully saturated rings. The van der Waals surface area contributed by atoms with E-state index < -0.39 is 0 Å². The van der Waals surface area contributed by atoms with Crippen molar-refractivity contribution in [3.05, 3.63) is 41.4 Å². The molecule has 0 spiro atoms. The van der Waals surface area contributed by atoms with E-state index in [1.54, 1.807) is 17.6 Å². The zero-order chi connectivity index (χ0) is 14.8. The molecule has 0 aliphatic heterocycles. The highest BCUT2D eigenvalue weighted by atomic mass is 32.1. The fraction of sp³-hybridized carbons (Fsp3) is 0.400. The Labute approximate surface area is 128 Å². The lowest BCUT2D eigenvalue weighted by atomic mass is 10.1.